The van der Waals surface area contributed by atoms with Crippen molar-refractivity contribution < 1.29 is 9.26 Å². The topological polar surface area (TPSA) is 114 Å². The first-order valence-electron chi connectivity index (χ1n) is 10.9. The molecular formula is C24H29N7O2. The van der Waals surface area contributed by atoms with Gasteiger partial charge in [0.25, 0.3) is 0 Å². The Balaban J connectivity index is 1.98. The summed E-state index contributed by atoms with van der Waals surface area (Å²) in [4.78, 5) is 22.3. The fourth-order valence-electron chi connectivity index (χ4n) is 3.83. The normalized spacial score (nSPS) is 12.9. The SMILES string of the molecule is CC=C(C)C(=NC(C)C)Nc1nc(C)nc2[nH]c3cc(-c4c(C)noc4C)c(OC)nc3c12. The van der Waals surface area contributed by atoms with Gasteiger partial charge in [0.05, 0.1) is 34.8 Å². The molecule has 4 aromatic rings. The zero-order valence-corrected chi connectivity index (χ0v) is 20.3. The van der Waals surface area contributed by atoms with Gasteiger partial charge >= 0.3 is 0 Å². The summed E-state index contributed by atoms with van der Waals surface area (Å²) in [5, 5.41) is 8.28. The molecule has 0 aliphatic heterocycles. The van der Waals surface area contributed by atoms with Crippen molar-refractivity contribution in [2.45, 2.75) is 54.5 Å². The van der Waals surface area contributed by atoms with Crippen molar-refractivity contribution in [1.29, 1.82) is 0 Å². The van der Waals surface area contributed by atoms with Crippen LogP contribution >= 0.6 is 0 Å². The quantitative estimate of drug-likeness (QED) is 0.316. The molecule has 172 valence electrons. The van der Waals surface area contributed by atoms with Crippen LogP contribution in [0.5, 0.6) is 5.88 Å². The molecule has 2 N–H and O–H groups in total. The van der Waals surface area contributed by atoms with Gasteiger partial charge < -0.3 is 19.6 Å². The summed E-state index contributed by atoms with van der Waals surface area (Å²) in [5.74, 6) is 3.23. The summed E-state index contributed by atoms with van der Waals surface area (Å²) in [7, 11) is 1.60. The van der Waals surface area contributed by atoms with Gasteiger partial charge in [-0.3, -0.25) is 4.99 Å². The number of ether oxygens (including phenoxy) is 1. The Morgan fingerprint density at radius 1 is 1.21 bits per heavy atom. The number of hydrogen-bond donors (Lipinski definition) is 2. The summed E-state index contributed by atoms with van der Waals surface area (Å²) in [5.41, 5.74) is 5.69. The van der Waals surface area contributed by atoms with Gasteiger partial charge in [-0.25, -0.2) is 15.0 Å². The van der Waals surface area contributed by atoms with E-state index in [1.165, 1.54) is 0 Å². The lowest BCUT2D eigenvalue weighted by Gasteiger charge is -2.13. The Labute approximate surface area is 192 Å². The van der Waals surface area contributed by atoms with E-state index in [1.54, 1.807) is 7.11 Å². The third-order valence-electron chi connectivity index (χ3n) is 5.42. The number of aromatic nitrogens is 5. The first kappa shape index (κ1) is 22.4. The van der Waals surface area contributed by atoms with Crippen molar-refractivity contribution in [3.05, 3.63) is 35.0 Å². The van der Waals surface area contributed by atoms with Crippen LogP contribution in [0.25, 0.3) is 33.2 Å². The predicted molar refractivity (Wildman–Crippen MR) is 131 cm³/mol. The highest BCUT2D eigenvalue weighted by Crippen LogP contribution is 2.38. The van der Waals surface area contributed by atoms with Crippen molar-refractivity contribution in [1.82, 2.24) is 25.1 Å². The van der Waals surface area contributed by atoms with Gasteiger partial charge in [-0.05, 0) is 60.1 Å². The van der Waals surface area contributed by atoms with Gasteiger partial charge in [-0.15, -0.1) is 0 Å². The van der Waals surface area contributed by atoms with Gasteiger partial charge in [-0.2, -0.15) is 0 Å². The maximum absolute atomic E-state index is 5.67. The van der Waals surface area contributed by atoms with Crippen LogP contribution in [-0.2, 0) is 0 Å². The average molecular weight is 448 g/mol. The highest BCUT2D eigenvalue weighted by Gasteiger charge is 2.22. The average Bonchev–Trinajstić information content (AvgIpc) is 3.29. The highest BCUT2D eigenvalue weighted by atomic mass is 16.5. The molecule has 0 aliphatic carbocycles. The second-order valence-electron chi connectivity index (χ2n) is 8.28. The smallest absolute Gasteiger partial charge is 0.221 e. The van der Waals surface area contributed by atoms with Crippen molar-refractivity contribution in [2.24, 2.45) is 4.99 Å². The van der Waals surface area contributed by atoms with Gasteiger partial charge in [0.15, 0.2) is 0 Å². The van der Waals surface area contributed by atoms with E-state index in [-0.39, 0.29) is 6.04 Å². The van der Waals surface area contributed by atoms with E-state index in [0.29, 0.717) is 34.4 Å². The van der Waals surface area contributed by atoms with Crippen molar-refractivity contribution >= 4 is 33.7 Å². The number of rotatable bonds is 5. The van der Waals surface area contributed by atoms with Crippen LogP contribution in [0.15, 0.2) is 27.2 Å². The monoisotopic (exact) mass is 447 g/mol. The molecule has 4 heterocycles. The van der Waals surface area contributed by atoms with Crippen LogP contribution in [0.3, 0.4) is 0 Å². The van der Waals surface area contributed by atoms with Gasteiger partial charge in [-0.1, -0.05) is 11.2 Å². The van der Waals surface area contributed by atoms with Crippen LogP contribution in [0.2, 0.25) is 0 Å². The van der Waals surface area contributed by atoms with E-state index >= 15 is 0 Å². The molecule has 9 nitrogen and oxygen atoms in total. The predicted octanol–water partition coefficient (Wildman–Crippen LogP) is 5.28. The lowest BCUT2D eigenvalue weighted by molar-refractivity contribution is 0.392. The van der Waals surface area contributed by atoms with E-state index in [4.69, 9.17) is 19.2 Å². The fourth-order valence-corrected chi connectivity index (χ4v) is 3.83. The second-order valence-corrected chi connectivity index (χ2v) is 8.28. The number of aliphatic imine (C=N–C) groups is 1. The molecule has 0 unspecified atom stereocenters. The highest BCUT2D eigenvalue weighted by molar-refractivity contribution is 6.16. The fraction of sp³-hybridized carbons (Fsp3) is 0.375. The zero-order valence-electron chi connectivity index (χ0n) is 20.3. The maximum Gasteiger partial charge on any atom is 0.221 e. The van der Waals surface area contributed by atoms with E-state index in [9.17, 15) is 0 Å². The largest absolute Gasteiger partial charge is 0.481 e. The zero-order chi connectivity index (χ0) is 23.9. The molecular weight excluding hydrogens is 418 g/mol. The van der Waals surface area contributed by atoms with Gasteiger partial charge in [0.1, 0.15) is 34.4 Å². The molecule has 4 rings (SSSR count). The minimum absolute atomic E-state index is 0.125. The van der Waals surface area contributed by atoms with Crippen LogP contribution in [0.1, 0.15) is 45.0 Å². The minimum atomic E-state index is 0.125. The molecule has 0 atom stereocenters. The number of anilines is 1. The Kier molecular flexibility index (Phi) is 5.88. The summed E-state index contributed by atoms with van der Waals surface area (Å²) in [6, 6.07) is 2.12. The number of allylic oxidation sites excluding steroid dienone is 1. The van der Waals surface area contributed by atoms with Crippen LogP contribution in [0, 0.1) is 20.8 Å². The van der Waals surface area contributed by atoms with Crippen molar-refractivity contribution in [2.75, 3.05) is 12.4 Å². The molecule has 0 saturated carbocycles. The first-order valence-corrected chi connectivity index (χ1v) is 10.9. The lowest BCUT2D eigenvalue weighted by Crippen LogP contribution is -2.17. The molecule has 9 heteroatoms. The number of nitrogens with zero attached hydrogens (tertiary/aromatic N) is 5. The number of aryl methyl sites for hydroxylation is 3. The summed E-state index contributed by atoms with van der Waals surface area (Å²) in [6.45, 7) is 13.7. The van der Waals surface area contributed by atoms with Gasteiger partial charge in [0.2, 0.25) is 5.88 Å². The Morgan fingerprint density at radius 3 is 2.58 bits per heavy atom. The van der Waals surface area contributed by atoms with E-state index in [2.05, 4.69) is 25.4 Å². The van der Waals surface area contributed by atoms with Crippen molar-refractivity contribution in [3.63, 3.8) is 0 Å². The Bertz CT molecular complexity index is 1390. The molecule has 0 radical (unpaired) electrons. The summed E-state index contributed by atoms with van der Waals surface area (Å²) in [6.07, 6.45) is 2.02. The summed E-state index contributed by atoms with van der Waals surface area (Å²) < 4.78 is 11.0. The van der Waals surface area contributed by atoms with E-state index in [0.717, 1.165) is 39.1 Å². The maximum atomic E-state index is 5.67. The van der Waals surface area contributed by atoms with Gasteiger partial charge in [0, 0.05) is 6.04 Å². The van der Waals surface area contributed by atoms with Crippen LogP contribution < -0.4 is 10.1 Å². The molecule has 0 spiro atoms. The van der Waals surface area contributed by atoms with Crippen LogP contribution in [0.4, 0.5) is 5.82 Å². The third kappa shape index (κ3) is 4.06. The number of hydrogen-bond acceptors (Lipinski definition) is 7. The Hall–Kier alpha value is -3.75. The number of aromatic amines is 1. The lowest BCUT2D eigenvalue weighted by atomic mass is 10.0. The number of pyridine rings is 1. The molecule has 0 aromatic carbocycles. The molecule has 0 fully saturated rings. The molecule has 0 aliphatic rings. The third-order valence-corrected chi connectivity index (χ3v) is 5.42. The second kappa shape index (κ2) is 8.65. The number of fused-ring (bicyclic) bond motifs is 3. The van der Waals surface area contributed by atoms with E-state index < -0.39 is 0 Å². The molecule has 33 heavy (non-hydrogen) atoms. The minimum Gasteiger partial charge on any atom is -0.481 e. The summed E-state index contributed by atoms with van der Waals surface area (Å²) >= 11 is 0. The van der Waals surface area contributed by atoms with Crippen molar-refractivity contribution in [3.8, 4) is 17.0 Å². The number of nitrogens with one attached hydrogen (secondary N) is 2. The number of amidine groups is 1. The van der Waals surface area contributed by atoms with E-state index in [1.807, 2.05) is 60.6 Å². The van der Waals surface area contributed by atoms with Crippen LogP contribution in [-0.4, -0.2) is 44.1 Å². The molecule has 0 bridgehead atoms. The first-order chi connectivity index (χ1) is 15.7. The Morgan fingerprint density at radius 2 is 1.97 bits per heavy atom. The standard InChI is InChI=1S/C24H29N7O2/c1-9-12(4)21(25-11(2)3)30-23-19-20-17(28-22(19)26-15(7)27-23)10-16(24(29-20)32-8)18-13(5)31-33-14(18)6/h9-11H,1-8H3,(H2,25,26,27,28,30). The molecule has 0 saturated heterocycles. The number of methoxy groups -OCH3 is 1. The molecule has 0 amide bonds. The number of H-pyrrole nitrogens is 1. The molecule has 4 aromatic heterocycles.